The van der Waals surface area contributed by atoms with E-state index in [0.29, 0.717) is 17.4 Å². The van der Waals surface area contributed by atoms with E-state index >= 15 is 0 Å². The number of hydrogen-bond acceptors (Lipinski definition) is 1. The van der Waals surface area contributed by atoms with Crippen molar-refractivity contribution >= 4 is 0 Å². The molecule has 0 heterocycles. The molecule has 0 spiro atoms. The Morgan fingerprint density at radius 2 is 1.95 bits per heavy atom. The molecule has 2 unspecified atom stereocenters. The fourth-order valence-electron chi connectivity index (χ4n) is 2.80. The number of halogens is 4. The number of alkyl halides is 3. The highest BCUT2D eigenvalue weighted by atomic mass is 19.4. The lowest BCUT2D eigenvalue weighted by Crippen LogP contribution is -2.35. The predicted octanol–water partition coefficient (Wildman–Crippen LogP) is 4.58. The zero-order valence-electron chi connectivity index (χ0n) is 12.3. The maximum atomic E-state index is 13.3. The van der Waals surface area contributed by atoms with E-state index < -0.39 is 17.6 Å². The van der Waals surface area contributed by atoms with Gasteiger partial charge in [0.25, 0.3) is 0 Å². The molecule has 1 fully saturated rings. The van der Waals surface area contributed by atoms with Crippen LogP contribution in [0.25, 0.3) is 0 Å². The molecule has 1 N–H and O–H groups in total. The summed E-state index contributed by atoms with van der Waals surface area (Å²) in [5.74, 6) is -0.201. The smallest absolute Gasteiger partial charge is 0.316 e. The summed E-state index contributed by atoms with van der Waals surface area (Å²) in [7, 11) is 0. The molecular weight excluding hydrogens is 282 g/mol. The van der Waals surface area contributed by atoms with Gasteiger partial charge >= 0.3 is 6.18 Å². The number of hydrogen-bond donors (Lipinski definition) is 1. The summed E-state index contributed by atoms with van der Waals surface area (Å²) >= 11 is 0. The molecule has 1 aliphatic carbocycles. The lowest BCUT2D eigenvalue weighted by molar-refractivity contribution is -0.140. The van der Waals surface area contributed by atoms with Crippen molar-refractivity contribution in [3.05, 3.63) is 35.1 Å². The van der Waals surface area contributed by atoms with Gasteiger partial charge in [-0.05, 0) is 61.4 Å². The molecule has 1 saturated carbocycles. The fourth-order valence-corrected chi connectivity index (χ4v) is 2.80. The number of rotatable bonds is 5. The third-order valence-electron chi connectivity index (χ3n) is 4.10. The van der Waals surface area contributed by atoms with Gasteiger partial charge in [-0.25, -0.2) is 4.39 Å². The van der Waals surface area contributed by atoms with Crippen LogP contribution < -0.4 is 5.32 Å². The Morgan fingerprint density at radius 1 is 1.24 bits per heavy atom. The molecular formula is C16H21F4N. The Hall–Kier alpha value is -1.10. The van der Waals surface area contributed by atoms with Crippen molar-refractivity contribution in [3.63, 3.8) is 0 Å². The molecule has 1 nitrogen and oxygen atoms in total. The lowest BCUT2D eigenvalue weighted by Gasteiger charge is -2.37. The van der Waals surface area contributed by atoms with E-state index in [2.05, 4.69) is 19.2 Å². The minimum Gasteiger partial charge on any atom is -0.316 e. The van der Waals surface area contributed by atoms with Crippen molar-refractivity contribution in [1.29, 1.82) is 0 Å². The average Bonchev–Trinajstić information content (AvgIpc) is 2.33. The molecule has 21 heavy (non-hydrogen) atoms. The van der Waals surface area contributed by atoms with Gasteiger partial charge in [-0.2, -0.15) is 13.2 Å². The standard InChI is InChI=1S/C16H21F4N/c1-10(2)8-21-9-12-3-5-13(12)11-4-6-15(17)14(7-11)16(18,19)20/h4,6-7,10,12-13,21H,3,5,8-9H2,1-2H3. The van der Waals surface area contributed by atoms with Gasteiger partial charge in [-0.1, -0.05) is 19.9 Å². The minimum atomic E-state index is -4.63. The Kier molecular flexibility index (Phi) is 4.91. The molecule has 1 aliphatic rings. The first-order valence-electron chi connectivity index (χ1n) is 7.36. The molecule has 0 bridgehead atoms. The van der Waals surface area contributed by atoms with Crippen molar-refractivity contribution in [3.8, 4) is 0 Å². The Bertz CT molecular complexity index is 482. The van der Waals surface area contributed by atoms with E-state index in [9.17, 15) is 17.6 Å². The van der Waals surface area contributed by atoms with Crippen molar-refractivity contribution in [1.82, 2.24) is 5.32 Å². The Morgan fingerprint density at radius 3 is 2.48 bits per heavy atom. The van der Waals surface area contributed by atoms with E-state index in [4.69, 9.17) is 0 Å². The molecule has 0 aromatic heterocycles. The van der Waals surface area contributed by atoms with Gasteiger partial charge < -0.3 is 5.32 Å². The van der Waals surface area contributed by atoms with Gasteiger partial charge in [0.2, 0.25) is 0 Å². The van der Waals surface area contributed by atoms with Crippen LogP contribution in [0.5, 0.6) is 0 Å². The summed E-state index contributed by atoms with van der Waals surface area (Å²) in [6, 6.07) is 3.41. The van der Waals surface area contributed by atoms with Gasteiger partial charge in [0.15, 0.2) is 0 Å². The summed E-state index contributed by atoms with van der Waals surface area (Å²) in [4.78, 5) is 0. The third kappa shape index (κ3) is 3.96. The van der Waals surface area contributed by atoms with E-state index in [1.807, 2.05) is 0 Å². The quantitative estimate of drug-likeness (QED) is 0.785. The Labute approximate surface area is 122 Å². The van der Waals surface area contributed by atoms with Crippen molar-refractivity contribution in [2.75, 3.05) is 13.1 Å². The van der Waals surface area contributed by atoms with Crippen molar-refractivity contribution < 1.29 is 17.6 Å². The summed E-state index contributed by atoms with van der Waals surface area (Å²) < 4.78 is 51.6. The maximum Gasteiger partial charge on any atom is 0.419 e. The molecule has 1 aromatic rings. The summed E-state index contributed by atoms with van der Waals surface area (Å²) in [5.41, 5.74) is -0.549. The Balaban J connectivity index is 2.05. The topological polar surface area (TPSA) is 12.0 Å². The molecule has 0 radical (unpaired) electrons. The minimum absolute atomic E-state index is 0.103. The van der Waals surface area contributed by atoms with Gasteiger partial charge in [-0.15, -0.1) is 0 Å². The lowest BCUT2D eigenvalue weighted by atomic mass is 9.69. The normalized spacial score (nSPS) is 22.4. The predicted molar refractivity (Wildman–Crippen MR) is 74.6 cm³/mol. The molecule has 2 atom stereocenters. The van der Waals surface area contributed by atoms with Crippen molar-refractivity contribution in [2.24, 2.45) is 11.8 Å². The van der Waals surface area contributed by atoms with Gasteiger partial charge in [-0.3, -0.25) is 0 Å². The maximum absolute atomic E-state index is 13.3. The zero-order chi connectivity index (χ0) is 15.6. The van der Waals surface area contributed by atoms with Crippen molar-refractivity contribution in [2.45, 2.75) is 38.8 Å². The first-order valence-corrected chi connectivity index (χ1v) is 7.36. The second-order valence-electron chi connectivity index (χ2n) is 6.23. The second kappa shape index (κ2) is 6.34. The second-order valence-corrected chi connectivity index (χ2v) is 6.23. The molecule has 2 rings (SSSR count). The summed E-state index contributed by atoms with van der Waals surface area (Å²) in [5, 5.41) is 3.35. The van der Waals surface area contributed by atoms with Crippen LogP contribution in [0.4, 0.5) is 17.6 Å². The first-order chi connectivity index (χ1) is 9.79. The average molecular weight is 303 g/mol. The van der Waals surface area contributed by atoms with E-state index in [0.717, 1.165) is 38.1 Å². The zero-order valence-corrected chi connectivity index (χ0v) is 12.3. The van der Waals surface area contributed by atoms with Crippen LogP contribution in [-0.4, -0.2) is 13.1 Å². The molecule has 0 aliphatic heterocycles. The fraction of sp³-hybridized carbons (Fsp3) is 0.625. The molecule has 0 saturated heterocycles. The molecule has 5 heteroatoms. The largest absolute Gasteiger partial charge is 0.419 e. The number of benzene rings is 1. The molecule has 1 aromatic carbocycles. The van der Waals surface area contributed by atoms with Crippen LogP contribution in [0.1, 0.15) is 43.7 Å². The van der Waals surface area contributed by atoms with Crippen LogP contribution in [0.2, 0.25) is 0 Å². The third-order valence-corrected chi connectivity index (χ3v) is 4.10. The van der Waals surface area contributed by atoms with Crippen LogP contribution in [0, 0.1) is 17.7 Å². The van der Waals surface area contributed by atoms with Crippen LogP contribution in [0.3, 0.4) is 0 Å². The SMILES string of the molecule is CC(C)CNCC1CCC1c1ccc(F)c(C(F)(F)F)c1. The van der Waals surface area contributed by atoms with Crippen LogP contribution in [0.15, 0.2) is 18.2 Å². The highest BCUT2D eigenvalue weighted by Crippen LogP contribution is 2.43. The van der Waals surface area contributed by atoms with Gasteiger partial charge in [0, 0.05) is 0 Å². The highest BCUT2D eigenvalue weighted by molar-refractivity contribution is 5.31. The van der Waals surface area contributed by atoms with E-state index in [1.165, 1.54) is 6.07 Å². The molecule has 118 valence electrons. The van der Waals surface area contributed by atoms with Gasteiger partial charge in [0.1, 0.15) is 5.82 Å². The van der Waals surface area contributed by atoms with Gasteiger partial charge in [0.05, 0.1) is 5.56 Å². The summed E-state index contributed by atoms with van der Waals surface area (Å²) in [6.45, 7) is 5.93. The first kappa shape index (κ1) is 16.3. The summed E-state index contributed by atoms with van der Waals surface area (Å²) in [6.07, 6.45) is -2.75. The van der Waals surface area contributed by atoms with E-state index in [1.54, 1.807) is 0 Å². The number of nitrogens with one attached hydrogen (secondary N) is 1. The molecule has 0 amide bonds. The van der Waals surface area contributed by atoms with Crippen LogP contribution in [-0.2, 0) is 6.18 Å². The van der Waals surface area contributed by atoms with E-state index in [-0.39, 0.29) is 5.92 Å². The highest BCUT2D eigenvalue weighted by Gasteiger charge is 2.37. The monoisotopic (exact) mass is 303 g/mol. The van der Waals surface area contributed by atoms with Crippen LogP contribution >= 0.6 is 0 Å².